The van der Waals surface area contributed by atoms with E-state index in [-0.39, 0.29) is 25.1 Å². The molecule has 0 bridgehead atoms. The second kappa shape index (κ2) is 7.17. The standard InChI is InChI=1S/C11H20N2O5/c1-7-8(3-5-18-7)6-13-11(17)12-4-2-9(14)10(15)16/h7-9,14H,2-6H2,1H3,(H,15,16)(H2,12,13,17). The maximum atomic E-state index is 11.4. The molecule has 0 aromatic heterocycles. The Labute approximate surface area is 106 Å². The van der Waals surface area contributed by atoms with Crippen LogP contribution in [0.2, 0.25) is 0 Å². The third-order valence-corrected chi connectivity index (χ3v) is 3.05. The maximum Gasteiger partial charge on any atom is 0.332 e. The number of nitrogens with one attached hydrogen (secondary N) is 2. The third kappa shape index (κ3) is 4.89. The normalized spacial score (nSPS) is 24.6. The summed E-state index contributed by atoms with van der Waals surface area (Å²) >= 11 is 0. The van der Waals surface area contributed by atoms with Crippen LogP contribution in [-0.2, 0) is 9.53 Å². The molecule has 7 heteroatoms. The molecule has 0 aliphatic carbocycles. The Morgan fingerprint density at radius 2 is 2.17 bits per heavy atom. The number of aliphatic carboxylic acids is 1. The highest BCUT2D eigenvalue weighted by atomic mass is 16.5. The molecular formula is C11H20N2O5. The summed E-state index contributed by atoms with van der Waals surface area (Å²) in [5, 5.41) is 22.6. The quantitative estimate of drug-likeness (QED) is 0.517. The molecule has 104 valence electrons. The largest absolute Gasteiger partial charge is 0.479 e. The molecular weight excluding hydrogens is 240 g/mol. The Hall–Kier alpha value is -1.34. The highest BCUT2D eigenvalue weighted by Gasteiger charge is 2.24. The first-order valence-electron chi connectivity index (χ1n) is 6.05. The number of ether oxygens (including phenoxy) is 1. The van der Waals surface area contributed by atoms with Gasteiger partial charge in [0.15, 0.2) is 6.10 Å². The van der Waals surface area contributed by atoms with Crippen molar-refractivity contribution in [3.8, 4) is 0 Å². The van der Waals surface area contributed by atoms with E-state index in [0.717, 1.165) is 13.0 Å². The van der Waals surface area contributed by atoms with Gasteiger partial charge in [-0.2, -0.15) is 0 Å². The lowest BCUT2D eigenvalue weighted by Crippen LogP contribution is -2.40. The number of carbonyl (C=O) groups excluding carboxylic acids is 1. The molecule has 1 aliphatic heterocycles. The van der Waals surface area contributed by atoms with Crippen LogP contribution in [0.25, 0.3) is 0 Å². The van der Waals surface area contributed by atoms with Gasteiger partial charge in [-0.3, -0.25) is 0 Å². The minimum Gasteiger partial charge on any atom is -0.479 e. The van der Waals surface area contributed by atoms with Gasteiger partial charge < -0.3 is 25.6 Å². The van der Waals surface area contributed by atoms with E-state index in [2.05, 4.69) is 10.6 Å². The molecule has 0 aromatic carbocycles. The SMILES string of the molecule is CC1OCCC1CNC(=O)NCCC(O)C(=O)O. The van der Waals surface area contributed by atoms with Crippen molar-refractivity contribution in [3.05, 3.63) is 0 Å². The molecule has 3 atom stereocenters. The van der Waals surface area contributed by atoms with E-state index in [1.54, 1.807) is 0 Å². The average molecular weight is 260 g/mol. The lowest BCUT2D eigenvalue weighted by atomic mass is 10.0. The lowest BCUT2D eigenvalue weighted by Gasteiger charge is -2.15. The van der Waals surface area contributed by atoms with Crippen molar-refractivity contribution >= 4 is 12.0 Å². The van der Waals surface area contributed by atoms with E-state index in [1.165, 1.54) is 0 Å². The van der Waals surface area contributed by atoms with Gasteiger partial charge in [0.25, 0.3) is 0 Å². The van der Waals surface area contributed by atoms with E-state index in [4.69, 9.17) is 14.9 Å². The van der Waals surface area contributed by atoms with Gasteiger partial charge in [0.1, 0.15) is 0 Å². The van der Waals surface area contributed by atoms with Crippen molar-refractivity contribution in [3.63, 3.8) is 0 Å². The van der Waals surface area contributed by atoms with E-state index in [1.807, 2.05) is 6.92 Å². The summed E-state index contributed by atoms with van der Waals surface area (Å²) in [6.45, 7) is 3.35. The predicted molar refractivity (Wildman–Crippen MR) is 63.2 cm³/mol. The minimum absolute atomic E-state index is 0.00824. The summed E-state index contributed by atoms with van der Waals surface area (Å²) in [4.78, 5) is 21.7. The molecule has 4 N–H and O–H groups in total. The Morgan fingerprint density at radius 1 is 1.44 bits per heavy atom. The van der Waals surface area contributed by atoms with Gasteiger partial charge in [-0.1, -0.05) is 0 Å². The van der Waals surface area contributed by atoms with E-state index in [9.17, 15) is 9.59 Å². The van der Waals surface area contributed by atoms with Crippen LogP contribution in [0.3, 0.4) is 0 Å². The van der Waals surface area contributed by atoms with Crippen LogP contribution in [0, 0.1) is 5.92 Å². The highest BCUT2D eigenvalue weighted by Crippen LogP contribution is 2.18. The smallest absolute Gasteiger partial charge is 0.332 e. The van der Waals surface area contributed by atoms with Crippen LogP contribution in [-0.4, -0.2) is 54.1 Å². The van der Waals surface area contributed by atoms with Gasteiger partial charge >= 0.3 is 12.0 Å². The molecule has 0 aromatic rings. The maximum absolute atomic E-state index is 11.4. The number of rotatable bonds is 6. The number of urea groups is 1. The number of amides is 2. The van der Waals surface area contributed by atoms with Crippen molar-refractivity contribution in [1.82, 2.24) is 10.6 Å². The van der Waals surface area contributed by atoms with Gasteiger partial charge in [0.05, 0.1) is 6.10 Å². The van der Waals surface area contributed by atoms with Crippen molar-refractivity contribution < 1.29 is 24.5 Å². The number of hydrogen-bond acceptors (Lipinski definition) is 4. The molecule has 18 heavy (non-hydrogen) atoms. The van der Waals surface area contributed by atoms with Gasteiger partial charge in [-0.05, 0) is 13.3 Å². The molecule has 0 spiro atoms. The Kier molecular flexibility index (Phi) is 5.87. The van der Waals surface area contributed by atoms with Crippen LogP contribution < -0.4 is 10.6 Å². The number of hydrogen-bond donors (Lipinski definition) is 4. The molecule has 1 fully saturated rings. The first-order chi connectivity index (χ1) is 8.50. The fourth-order valence-electron chi connectivity index (χ4n) is 1.78. The van der Waals surface area contributed by atoms with E-state index in [0.29, 0.717) is 12.5 Å². The summed E-state index contributed by atoms with van der Waals surface area (Å²) in [7, 11) is 0. The van der Waals surface area contributed by atoms with Crippen molar-refractivity contribution in [1.29, 1.82) is 0 Å². The number of aliphatic hydroxyl groups excluding tert-OH is 1. The number of carboxylic acids is 1. The number of aliphatic hydroxyl groups is 1. The molecule has 3 unspecified atom stereocenters. The van der Waals surface area contributed by atoms with Crippen LogP contribution >= 0.6 is 0 Å². The molecule has 7 nitrogen and oxygen atoms in total. The molecule has 2 amide bonds. The van der Waals surface area contributed by atoms with Gasteiger partial charge in [-0.25, -0.2) is 9.59 Å². The zero-order chi connectivity index (χ0) is 13.5. The monoisotopic (exact) mass is 260 g/mol. The van der Waals surface area contributed by atoms with E-state index < -0.39 is 12.1 Å². The first-order valence-corrected chi connectivity index (χ1v) is 6.05. The molecule has 1 heterocycles. The summed E-state index contributed by atoms with van der Waals surface area (Å²) in [5.74, 6) is -0.963. The van der Waals surface area contributed by atoms with Gasteiger partial charge in [0, 0.05) is 32.0 Å². The number of carboxylic acid groups (broad SMARTS) is 1. The zero-order valence-electron chi connectivity index (χ0n) is 10.4. The van der Waals surface area contributed by atoms with Gasteiger partial charge in [-0.15, -0.1) is 0 Å². The summed E-state index contributed by atoms with van der Waals surface area (Å²) in [6, 6.07) is -0.355. The third-order valence-electron chi connectivity index (χ3n) is 3.05. The second-order valence-corrected chi connectivity index (χ2v) is 4.40. The second-order valence-electron chi connectivity index (χ2n) is 4.40. The summed E-state index contributed by atoms with van der Waals surface area (Å²) in [5.41, 5.74) is 0. The van der Waals surface area contributed by atoms with Crippen molar-refractivity contribution in [2.45, 2.75) is 32.0 Å². The first kappa shape index (κ1) is 14.7. The molecule has 0 saturated carbocycles. The summed E-state index contributed by atoms with van der Waals surface area (Å²) in [6.07, 6.45) is -0.363. The minimum atomic E-state index is -1.44. The molecule has 1 rings (SSSR count). The Balaban J connectivity index is 2.08. The Bertz CT molecular complexity index is 297. The molecule has 1 aliphatic rings. The topological polar surface area (TPSA) is 108 Å². The fourth-order valence-corrected chi connectivity index (χ4v) is 1.78. The van der Waals surface area contributed by atoms with Crippen LogP contribution in [0.1, 0.15) is 19.8 Å². The van der Waals surface area contributed by atoms with Gasteiger partial charge in [0.2, 0.25) is 0 Å². The zero-order valence-corrected chi connectivity index (χ0v) is 10.4. The van der Waals surface area contributed by atoms with Crippen LogP contribution in [0.15, 0.2) is 0 Å². The lowest BCUT2D eigenvalue weighted by molar-refractivity contribution is -0.146. The molecule has 1 saturated heterocycles. The molecule has 0 radical (unpaired) electrons. The Morgan fingerprint density at radius 3 is 2.72 bits per heavy atom. The number of carbonyl (C=O) groups is 2. The van der Waals surface area contributed by atoms with Crippen LogP contribution in [0.4, 0.5) is 4.79 Å². The van der Waals surface area contributed by atoms with E-state index >= 15 is 0 Å². The predicted octanol–water partition coefficient (Wildman–Crippen LogP) is -0.454. The van der Waals surface area contributed by atoms with Crippen LogP contribution in [0.5, 0.6) is 0 Å². The van der Waals surface area contributed by atoms with Crippen molar-refractivity contribution in [2.24, 2.45) is 5.92 Å². The summed E-state index contributed by atoms with van der Waals surface area (Å²) < 4.78 is 5.37. The highest BCUT2D eigenvalue weighted by molar-refractivity contribution is 5.74. The fraction of sp³-hybridized carbons (Fsp3) is 0.818. The van der Waals surface area contributed by atoms with Crippen molar-refractivity contribution in [2.75, 3.05) is 19.7 Å². The average Bonchev–Trinajstić information content (AvgIpc) is 2.72.